The molecule has 0 atom stereocenters. The minimum atomic E-state index is -0.895. The second kappa shape index (κ2) is 11.9. The molecule has 0 bridgehead atoms. The molecule has 0 spiro atoms. The topological polar surface area (TPSA) is 98.2 Å². The van der Waals surface area contributed by atoms with Crippen LogP contribution in [0.5, 0.6) is 17.2 Å². The van der Waals surface area contributed by atoms with Crippen molar-refractivity contribution in [2.75, 3.05) is 25.6 Å². The van der Waals surface area contributed by atoms with E-state index in [-0.39, 0.29) is 0 Å². The summed E-state index contributed by atoms with van der Waals surface area (Å²) in [6, 6.07) is 11.8. The molecule has 2 amide bonds. The molecule has 2 aromatic carbocycles. The number of carbonyl (C=O) groups is 2. The fraction of sp³-hybridized carbons (Fsp3) is 0.227. The van der Waals surface area contributed by atoms with Crippen molar-refractivity contribution in [2.24, 2.45) is 5.10 Å². The van der Waals surface area contributed by atoms with E-state index in [1.807, 2.05) is 6.92 Å². The third kappa shape index (κ3) is 6.97. The van der Waals surface area contributed by atoms with Crippen molar-refractivity contribution in [3.63, 3.8) is 0 Å². The zero-order valence-corrected chi connectivity index (χ0v) is 17.0. The third-order valence-corrected chi connectivity index (χ3v) is 3.72. The van der Waals surface area contributed by atoms with Crippen molar-refractivity contribution in [3.8, 4) is 17.2 Å². The molecule has 0 saturated carbocycles. The van der Waals surface area contributed by atoms with E-state index in [1.54, 1.807) is 55.7 Å². The first-order valence-corrected chi connectivity index (χ1v) is 9.36. The highest BCUT2D eigenvalue weighted by atomic mass is 16.5. The van der Waals surface area contributed by atoms with Crippen molar-refractivity contribution in [2.45, 2.75) is 13.3 Å². The van der Waals surface area contributed by atoms with Gasteiger partial charge in [-0.15, -0.1) is 0 Å². The molecule has 2 rings (SSSR count). The number of anilines is 1. The molecule has 0 aliphatic heterocycles. The number of methoxy groups -OCH3 is 1. The number of hydrogen-bond acceptors (Lipinski definition) is 6. The number of hydrazone groups is 1. The summed E-state index contributed by atoms with van der Waals surface area (Å²) in [5.74, 6) is 0.0715. The van der Waals surface area contributed by atoms with Crippen LogP contribution >= 0.6 is 0 Å². The average molecular weight is 411 g/mol. The summed E-state index contributed by atoms with van der Waals surface area (Å²) in [6.07, 6.45) is 3.92. The summed E-state index contributed by atoms with van der Waals surface area (Å²) in [5.41, 5.74) is 3.32. The van der Waals surface area contributed by atoms with E-state index in [0.717, 1.165) is 6.42 Å². The second-order valence-corrected chi connectivity index (χ2v) is 6.04. The number of carbonyl (C=O) groups excluding carboxylic acids is 2. The van der Waals surface area contributed by atoms with E-state index in [2.05, 4.69) is 22.4 Å². The Balaban J connectivity index is 1.89. The molecular formula is C22H25N3O5. The van der Waals surface area contributed by atoms with Gasteiger partial charge in [-0.3, -0.25) is 9.59 Å². The number of rotatable bonds is 10. The SMILES string of the molecule is C=CCOc1ccc(NC(=O)C(=O)N/N=C\c2ccc(OCCC)c(OC)c2)cc1. The summed E-state index contributed by atoms with van der Waals surface area (Å²) in [5, 5.41) is 6.29. The van der Waals surface area contributed by atoms with Crippen LogP contribution in [0.4, 0.5) is 5.69 Å². The van der Waals surface area contributed by atoms with Crippen LogP contribution < -0.4 is 25.0 Å². The fourth-order valence-electron chi connectivity index (χ4n) is 2.29. The van der Waals surface area contributed by atoms with Gasteiger partial charge in [0.25, 0.3) is 0 Å². The number of hydrogen-bond donors (Lipinski definition) is 2. The fourth-order valence-corrected chi connectivity index (χ4v) is 2.29. The Hall–Kier alpha value is -3.81. The number of nitrogens with zero attached hydrogens (tertiary/aromatic N) is 1. The highest BCUT2D eigenvalue weighted by Crippen LogP contribution is 2.27. The summed E-state index contributed by atoms with van der Waals surface area (Å²) < 4.78 is 16.2. The van der Waals surface area contributed by atoms with Crippen molar-refractivity contribution in [1.82, 2.24) is 5.43 Å². The first kappa shape index (κ1) is 22.5. The summed E-state index contributed by atoms with van der Waals surface area (Å²) in [6.45, 7) is 6.55. The number of nitrogens with one attached hydrogen (secondary N) is 2. The van der Waals surface area contributed by atoms with Crippen molar-refractivity contribution >= 4 is 23.7 Å². The summed E-state index contributed by atoms with van der Waals surface area (Å²) >= 11 is 0. The molecule has 158 valence electrons. The van der Waals surface area contributed by atoms with Gasteiger partial charge >= 0.3 is 11.8 Å². The molecule has 0 saturated heterocycles. The first-order chi connectivity index (χ1) is 14.6. The standard InChI is InChI=1S/C22H25N3O5/c1-4-12-29-18-9-7-17(8-10-18)24-21(26)22(27)25-23-15-16-6-11-19(30-13-5-2)20(14-16)28-3/h4,6-11,14-15H,1,5,12-13H2,2-3H3,(H,24,26)(H,25,27)/b23-15-. The molecule has 8 heteroatoms. The molecule has 0 aromatic heterocycles. The molecular weight excluding hydrogens is 386 g/mol. The maximum absolute atomic E-state index is 12.0. The maximum atomic E-state index is 12.0. The predicted octanol–water partition coefficient (Wildman–Crippen LogP) is 3.14. The smallest absolute Gasteiger partial charge is 0.329 e. The van der Waals surface area contributed by atoms with Gasteiger partial charge in [0, 0.05) is 5.69 Å². The largest absolute Gasteiger partial charge is 0.493 e. The molecule has 2 aromatic rings. The predicted molar refractivity (Wildman–Crippen MR) is 115 cm³/mol. The second-order valence-electron chi connectivity index (χ2n) is 6.04. The normalized spacial score (nSPS) is 10.3. The van der Waals surface area contributed by atoms with Gasteiger partial charge in [0.15, 0.2) is 11.5 Å². The van der Waals surface area contributed by atoms with Crippen LogP contribution in [0.15, 0.2) is 60.2 Å². The van der Waals surface area contributed by atoms with Gasteiger partial charge in [0.05, 0.1) is 19.9 Å². The molecule has 0 heterocycles. The van der Waals surface area contributed by atoms with Gasteiger partial charge in [-0.05, 0) is 54.4 Å². The lowest BCUT2D eigenvalue weighted by Crippen LogP contribution is -2.32. The van der Waals surface area contributed by atoms with Crippen molar-refractivity contribution in [1.29, 1.82) is 0 Å². The summed E-state index contributed by atoms with van der Waals surface area (Å²) in [7, 11) is 1.54. The average Bonchev–Trinajstić information content (AvgIpc) is 2.77. The minimum Gasteiger partial charge on any atom is -0.493 e. The van der Waals surface area contributed by atoms with E-state index in [9.17, 15) is 9.59 Å². The van der Waals surface area contributed by atoms with Gasteiger partial charge in [0.1, 0.15) is 12.4 Å². The highest BCUT2D eigenvalue weighted by molar-refractivity contribution is 6.39. The molecule has 2 N–H and O–H groups in total. The van der Waals surface area contributed by atoms with E-state index >= 15 is 0 Å². The first-order valence-electron chi connectivity index (χ1n) is 9.36. The molecule has 0 unspecified atom stereocenters. The van der Waals surface area contributed by atoms with E-state index < -0.39 is 11.8 Å². The van der Waals surface area contributed by atoms with Crippen LogP contribution in [-0.2, 0) is 9.59 Å². The van der Waals surface area contributed by atoms with Crippen LogP contribution in [0.3, 0.4) is 0 Å². The Kier molecular flexibility index (Phi) is 8.92. The van der Waals surface area contributed by atoms with Gasteiger partial charge in [-0.2, -0.15) is 5.10 Å². The Labute approximate surface area is 175 Å². The lowest BCUT2D eigenvalue weighted by molar-refractivity contribution is -0.136. The van der Waals surface area contributed by atoms with Crippen LogP contribution in [0.1, 0.15) is 18.9 Å². The Morgan fingerprint density at radius 2 is 1.83 bits per heavy atom. The van der Waals surface area contributed by atoms with Gasteiger partial charge in [-0.25, -0.2) is 5.43 Å². The molecule has 0 aliphatic rings. The third-order valence-electron chi connectivity index (χ3n) is 3.72. The summed E-state index contributed by atoms with van der Waals surface area (Å²) in [4.78, 5) is 23.9. The minimum absolute atomic E-state index is 0.381. The number of benzene rings is 2. The lowest BCUT2D eigenvalue weighted by atomic mass is 10.2. The highest BCUT2D eigenvalue weighted by Gasteiger charge is 2.13. The molecule has 30 heavy (non-hydrogen) atoms. The number of ether oxygens (including phenoxy) is 3. The van der Waals surface area contributed by atoms with Crippen molar-refractivity contribution < 1.29 is 23.8 Å². The quantitative estimate of drug-likeness (QED) is 0.271. The van der Waals surface area contributed by atoms with E-state index in [0.29, 0.717) is 41.7 Å². The van der Waals surface area contributed by atoms with E-state index in [1.165, 1.54) is 6.21 Å². The van der Waals surface area contributed by atoms with Crippen LogP contribution in [0.25, 0.3) is 0 Å². The van der Waals surface area contributed by atoms with E-state index in [4.69, 9.17) is 14.2 Å². The maximum Gasteiger partial charge on any atom is 0.329 e. The Bertz CT molecular complexity index is 894. The van der Waals surface area contributed by atoms with Gasteiger partial charge in [-0.1, -0.05) is 19.6 Å². The molecule has 0 radical (unpaired) electrons. The lowest BCUT2D eigenvalue weighted by Gasteiger charge is -2.10. The molecule has 0 fully saturated rings. The van der Waals surface area contributed by atoms with Crippen LogP contribution in [0, 0.1) is 0 Å². The Morgan fingerprint density at radius 1 is 1.07 bits per heavy atom. The zero-order valence-electron chi connectivity index (χ0n) is 17.0. The monoisotopic (exact) mass is 411 g/mol. The Morgan fingerprint density at radius 3 is 2.50 bits per heavy atom. The van der Waals surface area contributed by atoms with Gasteiger partial charge < -0.3 is 19.5 Å². The van der Waals surface area contributed by atoms with Crippen LogP contribution in [-0.4, -0.2) is 38.4 Å². The zero-order chi connectivity index (χ0) is 21.8. The van der Waals surface area contributed by atoms with Gasteiger partial charge in [0.2, 0.25) is 0 Å². The molecule has 0 aliphatic carbocycles. The van der Waals surface area contributed by atoms with Crippen LogP contribution in [0.2, 0.25) is 0 Å². The number of amides is 2. The van der Waals surface area contributed by atoms with Crippen molar-refractivity contribution in [3.05, 3.63) is 60.7 Å². The molecule has 8 nitrogen and oxygen atoms in total.